The van der Waals surface area contributed by atoms with E-state index in [1.54, 1.807) is 0 Å². The minimum absolute atomic E-state index is 0.480. The molecule has 1 aliphatic carbocycles. The van der Waals surface area contributed by atoms with Gasteiger partial charge in [-0.25, -0.2) is 0 Å². The SMILES string of the molecule is Cc1cc[c]c(OC2CC2)c1. The molecule has 1 aliphatic rings. The van der Waals surface area contributed by atoms with Gasteiger partial charge >= 0.3 is 0 Å². The van der Waals surface area contributed by atoms with Crippen molar-refractivity contribution in [3.63, 3.8) is 0 Å². The molecular formula is C10H11O. The molecule has 1 heteroatoms. The van der Waals surface area contributed by atoms with Gasteiger partial charge in [0.1, 0.15) is 5.75 Å². The molecule has 2 rings (SSSR count). The summed E-state index contributed by atoms with van der Waals surface area (Å²) in [6, 6.07) is 9.02. The second kappa shape index (κ2) is 2.57. The normalized spacial score (nSPS) is 16.5. The molecule has 0 heterocycles. The lowest BCUT2D eigenvalue weighted by molar-refractivity contribution is 0.302. The first-order valence-corrected chi connectivity index (χ1v) is 3.99. The Kier molecular flexibility index (Phi) is 1.57. The Labute approximate surface area is 67.0 Å². The van der Waals surface area contributed by atoms with Crippen molar-refractivity contribution in [2.75, 3.05) is 0 Å². The van der Waals surface area contributed by atoms with Crippen molar-refractivity contribution >= 4 is 0 Å². The molecule has 1 aromatic rings. The summed E-state index contributed by atoms with van der Waals surface area (Å²) in [5.74, 6) is 0.896. The van der Waals surface area contributed by atoms with E-state index in [1.807, 2.05) is 18.2 Å². The fourth-order valence-corrected chi connectivity index (χ4v) is 0.985. The van der Waals surface area contributed by atoms with E-state index in [9.17, 15) is 0 Å². The molecule has 1 aromatic carbocycles. The van der Waals surface area contributed by atoms with Gasteiger partial charge in [-0.2, -0.15) is 0 Å². The molecule has 0 aromatic heterocycles. The number of ether oxygens (including phenoxy) is 1. The Bertz CT molecular complexity index is 251. The molecule has 1 radical (unpaired) electrons. The van der Waals surface area contributed by atoms with Crippen molar-refractivity contribution in [1.29, 1.82) is 0 Å². The molecule has 0 aliphatic heterocycles. The maximum Gasteiger partial charge on any atom is 0.127 e. The second-order valence-corrected chi connectivity index (χ2v) is 3.05. The molecular weight excluding hydrogens is 136 g/mol. The minimum Gasteiger partial charge on any atom is -0.490 e. The van der Waals surface area contributed by atoms with Crippen molar-refractivity contribution in [2.24, 2.45) is 0 Å². The van der Waals surface area contributed by atoms with Crippen LogP contribution in [0, 0.1) is 13.0 Å². The molecule has 0 amide bonds. The monoisotopic (exact) mass is 147 g/mol. The summed E-state index contributed by atoms with van der Waals surface area (Å²) in [5.41, 5.74) is 1.24. The van der Waals surface area contributed by atoms with Gasteiger partial charge in [0.05, 0.1) is 6.10 Å². The first-order valence-electron chi connectivity index (χ1n) is 3.99. The van der Waals surface area contributed by atoms with Gasteiger partial charge in [-0.05, 0) is 31.4 Å². The van der Waals surface area contributed by atoms with Gasteiger partial charge in [0.25, 0.3) is 0 Å². The Hall–Kier alpha value is -0.980. The van der Waals surface area contributed by atoms with Crippen molar-refractivity contribution in [2.45, 2.75) is 25.9 Å². The third kappa shape index (κ3) is 1.73. The van der Waals surface area contributed by atoms with Gasteiger partial charge in [0.15, 0.2) is 0 Å². The van der Waals surface area contributed by atoms with Gasteiger partial charge in [-0.15, -0.1) is 0 Å². The Morgan fingerprint density at radius 1 is 1.55 bits per heavy atom. The van der Waals surface area contributed by atoms with Crippen LogP contribution >= 0.6 is 0 Å². The second-order valence-electron chi connectivity index (χ2n) is 3.05. The highest BCUT2D eigenvalue weighted by Crippen LogP contribution is 2.26. The lowest BCUT2D eigenvalue weighted by Gasteiger charge is -2.02. The summed E-state index contributed by atoms with van der Waals surface area (Å²) in [5, 5.41) is 0. The summed E-state index contributed by atoms with van der Waals surface area (Å²) >= 11 is 0. The van der Waals surface area contributed by atoms with E-state index in [2.05, 4.69) is 13.0 Å². The quantitative estimate of drug-likeness (QED) is 0.623. The molecule has 0 unspecified atom stereocenters. The zero-order chi connectivity index (χ0) is 7.68. The number of rotatable bonds is 2. The average Bonchev–Trinajstić information content (AvgIpc) is 2.71. The van der Waals surface area contributed by atoms with Crippen molar-refractivity contribution < 1.29 is 4.74 Å². The summed E-state index contributed by atoms with van der Waals surface area (Å²) < 4.78 is 5.55. The average molecular weight is 147 g/mol. The number of hydrogen-bond acceptors (Lipinski definition) is 1. The minimum atomic E-state index is 0.480. The van der Waals surface area contributed by atoms with E-state index in [-0.39, 0.29) is 0 Å². The molecule has 1 fully saturated rings. The molecule has 0 saturated heterocycles. The highest BCUT2D eigenvalue weighted by molar-refractivity contribution is 5.26. The topological polar surface area (TPSA) is 9.23 Å². The Morgan fingerprint density at radius 3 is 3.00 bits per heavy atom. The lowest BCUT2D eigenvalue weighted by Crippen LogP contribution is -1.95. The predicted molar refractivity (Wildman–Crippen MR) is 43.7 cm³/mol. The number of hydrogen-bond donors (Lipinski definition) is 0. The fourth-order valence-electron chi connectivity index (χ4n) is 0.985. The van der Waals surface area contributed by atoms with Crippen LogP contribution in [0.25, 0.3) is 0 Å². The van der Waals surface area contributed by atoms with Gasteiger partial charge in [0.2, 0.25) is 0 Å². The van der Waals surface area contributed by atoms with Crippen LogP contribution < -0.4 is 4.74 Å². The number of aryl methyl sites for hydroxylation is 1. The van der Waals surface area contributed by atoms with Crippen molar-refractivity contribution in [3.8, 4) is 5.75 Å². The maximum absolute atomic E-state index is 5.55. The zero-order valence-electron chi connectivity index (χ0n) is 6.63. The van der Waals surface area contributed by atoms with Gasteiger partial charge < -0.3 is 4.74 Å². The van der Waals surface area contributed by atoms with E-state index in [0.717, 1.165) is 5.75 Å². The molecule has 57 valence electrons. The van der Waals surface area contributed by atoms with Crippen LogP contribution in [0.5, 0.6) is 5.75 Å². The van der Waals surface area contributed by atoms with Crippen LogP contribution in [0.15, 0.2) is 18.2 Å². The highest BCUT2D eigenvalue weighted by Gasteiger charge is 2.23. The molecule has 1 saturated carbocycles. The smallest absolute Gasteiger partial charge is 0.127 e. The third-order valence-corrected chi connectivity index (χ3v) is 1.75. The first-order chi connectivity index (χ1) is 5.34. The van der Waals surface area contributed by atoms with E-state index in [0.29, 0.717) is 6.10 Å². The van der Waals surface area contributed by atoms with Crippen molar-refractivity contribution in [1.82, 2.24) is 0 Å². The van der Waals surface area contributed by atoms with Gasteiger partial charge in [-0.1, -0.05) is 12.1 Å². The van der Waals surface area contributed by atoms with Crippen LogP contribution in [0.3, 0.4) is 0 Å². The van der Waals surface area contributed by atoms with E-state index >= 15 is 0 Å². The molecule has 0 atom stereocenters. The van der Waals surface area contributed by atoms with E-state index < -0.39 is 0 Å². The molecule has 0 spiro atoms. The fraction of sp³-hybridized carbons (Fsp3) is 0.400. The van der Waals surface area contributed by atoms with Gasteiger partial charge in [0, 0.05) is 6.07 Å². The standard InChI is InChI=1S/C10H11O/c1-8-3-2-4-10(7-8)11-9-5-6-9/h2-3,7,9H,5-6H2,1H3. The number of benzene rings is 1. The highest BCUT2D eigenvalue weighted by atomic mass is 16.5. The first kappa shape index (κ1) is 6.71. The summed E-state index contributed by atoms with van der Waals surface area (Å²) in [7, 11) is 0. The molecule has 1 nitrogen and oxygen atoms in total. The lowest BCUT2D eigenvalue weighted by atomic mass is 10.2. The molecule has 0 N–H and O–H groups in total. The Balaban J connectivity index is 2.10. The van der Waals surface area contributed by atoms with Crippen LogP contribution in [-0.2, 0) is 0 Å². The third-order valence-electron chi connectivity index (χ3n) is 1.75. The maximum atomic E-state index is 5.55. The van der Waals surface area contributed by atoms with Crippen molar-refractivity contribution in [3.05, 3.63) is 29.8 Å². The van der Waals surface area contributed by atoms with E-state index in [4.69, 9.17) is 4.74 Å². The molecule has 0 bridgehead atoms. The van der Waals surface area contributed by atoms with Crippen LogP contribution in [0.4, 0.5) is 0 Å². The van der Waals surface area contributed by atoms with Crippen LogP contribution in [0.2, 0.25) is 0 Å². The predicted octanol–water partition coefficient (Wildman–Crippen LogP) is 2.34. The summed E-state index contributed by atoms with van der Waals surface area (Å²) in [4.78, 5) is 0. The summed E-state index contributed by atoms with van der Waals surface area (Å²) in [6.45, 7) is 2.06. The van der Waals surface area contributed by atoms with Gasteiger partial charge in [-0.3, -0.25) is 0 Å². The van der Waals surface area contributed by atoms with Crippen LogP contribution in [-0.4, -0.2) is 6.10 Å². The zero-order valence-corrected chi connectivity index (χ0v) is 6.63. The Morgan fingerprint density at radius 2 is 2.36 bits per heavy atom. The largest absolute Gasteiger partial charge is 0.490 e. The molecule has 11 heavy (non-hydrogen) atoms. The van der Waals surface area contributed by atoms with Crippen LogP contribution in [0.1, 0.15) is 18.4 Å². The van der Waals surface area contributed by atoms with E-state index in [1.165, 1.54) is 18.4 Å². The summed E-state index contributed by atoms with van der Waals surface area (Å²) in [6.07, 6.45) is 2.90.